The molecule has 1 nitrogen and oxygen atoms in total. The van der Waals surface area contributed by atoms with Crippen molar-refractivity contribution in [2.24, 2.45) is 0 Å². The van der Waals surface area contributed by atoms with Gasteiger partial charge in [-0.25, -0.2) is 0 Å². The van der Waals surface area contributed by atoms with Gasteiger partial charge in [-0.15, -0.1) is 0 Å². The second-order valence-corrected chi connectivity index (χ2v) is 4.32. The molecule has 0 amide bonds. The lowest BCUT2D eigenvalue weighted by molar-refractivity contribution is 0.609. The molecule has 0 spiro atoms. The first-order valence-electron chi connectivity index (χ1n) is 5.33. The Hall–Kier alpha value is -0.600. The molecule has 1 heterocycles. The van der Waals surface area contributed by atoms with Crippen LogP contribution in [0.4, 0.5) is 0 Å². The molecule has 1 aliphatic rings. The lowest BCUT2D eigenvalue weighted by atomic mass is 10.0. The normalized spacial score (nSPS) is 18.3. The summed E-state index contributed by atoms with van der Waals surface area (Å²) < 4.78 is 1.24. The van der Waals surface area contributed by atoms with Crippen LogP contribution in [0.5, 0.6) is 0 Å². The number of hydrogen-bond acceptors (Lipinski definition) is 1. The Bertz CT molecular complexity index is 302. The van der Waals surface area contributed by atoms with Crippen LogP contribution in [-0.4, -0.2) is 13.1 Å². The van der Waals surface area contributed by atoms with E-state index in [-0.39, 0.29) is 0 Å². The predicted molar refractivity (Wildman–Crippen MR) is 71.2 cm³/mol. The minimum absolute atomic E-state index is 1.08. The zero-order chi connectivity index (χ0) is 11.1. The van der Waals surface area contributed by atoms with Crippen molar-refractivity contribution in [1.29, 1.82) is 0 Å². The number of hydrogen-bond donors (Lipinski definition) is 1. The van der Waals surface area contributed by atoms with Crippen LogP contribution in [0.15, 0.2) is 46.5 Å². The Labute approximate surface area is 101 Å². The maximum absolute atomic E-state index is 3.74. The molecule has 0 atom stereocenters. The third-order valence-corrected chi connectivity index (χ3v) is 3.43. The van der Waals surface area contributed by atoms with Crippen molar-refractivity contribution in [3.05, 3.63) is 46.5 Å². The SMILES string of the molecule is C=C/C=C(\C=C/C)C(Br)=C1CCNCC1. The van der Waals surface area contributed by atoms with Crippen molar-refractivity contribution < 1.29 is 0 Å². The highest BCUT2D eigenvalue weighted by Crippen LogP contribution is 2.27. The smallest absolute Gasteiger partial charge is 0.0240 e. The summed E-state index contributed by atoms with van der Waals surface area (Å²) in [5, 5.41) is 3.36. The standard InChI is InChI=1S/C13H18BrN/c1-3-5-11(6-4-2)13(14)12-7-9-15-10-8-12/h3-6,15H,1,7-10H2,2H3/b6-4-,11-5+. The summed E-state index contributed by atoms with van der Waals surface area (Å²) >= 11 is 3.69. The fraction of sp³-hybridized carbons (Fsp3) is 0.385. The Morgan fingerprint density at radius 3 is 2.60 bits per heavy atom. The lowest BCUT2D eigenvalue weighted by Crippen LogP contribution is -2.23. The third kappa shape index (κ3) is 3.80. The van der Waals surface area contributed by atoms with Gasteiger partial charge in [0.15, 0.2) is 0 Å². The van der Waals surface area contributed by atoms with E-state index in [4.69, 9.17) is 0 Å². The molecule has 1 aliphatic heterocycles. The highest BCUT2D eigenvalue weighted by molar-refractivity contribution is 9.12. The second-order valence-electron chi connectivity index (χ2n) is 3.53. The van der Waals surface area contributed by atoms with E-state index in [0.29, 0.717) is 0 Å². The summed E-state index contributed by atoms with van der Waals surface area (Å²) in [4.78, 5) is 0. The number of nitrogens with one attached hydrogen (secondary N) is 1. The predicted octanol–water partition coefficient (Wildman–Crippen LogP) is 3.71. The average molecular weight is 268 g/mol. The van der Waals surface area contributed by atoms with Crippen molar-refractivity contribution in [3.8, 4) is 0 Å². The minimum atomic E-state index is 1.08. The summed E-state index contributed by atoms with van der Waals surface area (Å²) in [5.74, 6) is 0. The van der Waals surface area contributed by atoms with E-state index >= 15 is 0 Å². The third-order valence-electron chi connectivity index (χ3n) is 2.41. The number of halogens is 1. The van der Waals surface area contributed by atoms with Crippen LogP contribution < -0.4 is 5.32 Å². The van der Waals surface area contributed by atoms with E-state index in [1.54, 1.807) is 0 Å². The molecule has 0 bridgehead atoms. The molecule has 1 fully saturated rings. The van der Waals surface area contributed by atoms with Crippen LogP contribution >= 0.6 is 15.9 Å². The van der Waals surface area contributed by atoms with Crippen molar-refractivity contribution in [1.82, 2.24) is 5.32 Å². The van der Waals surface area contributed by atoms with Gasteiger partial charge in [0.2, 0.25) is 0 Å². The van der Waals surface area contributed by atoms with Crippen molar-refractivity contribution in [2.75, 3.05) is 13.1 Å². The Morgan fingerprint density at radius 2 is 2.07 bits per heavy atom. The summed E-state index contributed by atoms with van der Waals surface area (Å²) in [6, 6.07) is 0. The van der Waals surface area contributed by atoms with Crippen LogP contribution in [0.2, 0.25) is 0 Å². The Morgan fingerprint density at radius 1 is 1.40 bits per heavy atom. The van der Waals surface area contributed by atoms with Gasteiger partial charge in [-0.1, -0.05) is 52.4 Å². The van der Waals surface area contributed by atoms with Crippen LogP contribution in [0.25, 0.3) is 0 Å². The molecule has 0 aromatic rings. The molecule has 82 valence electrons. The lowest BCUT2D eigenvalue weighted by Gasteiger charge is -2.17. The summed E-state index contributed by atoms with van der Waals surface area (Å²) in [7, 11) is 0. The molecule has 0 radical (unpaired) electrons. The van der Waals surface area contributed by atoms with Gasteiger partial charge in [-0.3, -0.25) is 0 Å². The second kappa shape index (κ2) is 6.81. The van der Waals surface area contributed by atoms with Crippen LogP contribution in [0.1, 0.15) is 19.8 Å². The van der Waals surface area contributed by atoms with Gasteiger partial charge in [-0.05, 0) is 38.4 Å². The van der Waals surface area contributed by atoms with Gasteiger partial charge in [-0.2, -0.15) is 0 Å². The number of rotatable bonds is 3. The molecule has 0 aromatic carbocycles. The van der Waals surface area contributed by atoms with Crippen LogP contribution in [-0.2, 0) is 0 Å². The summed E-state index contributed by atoms with van der Waals surface area (Å²) in [6.45, 7) is 7.95. The van der Waals surface area contributed by atoms with Crippen molar-refractivity contribution in [3.63, 3.8) is 0 Å². The van der Waals surface area contributed by atoms with E-state index in [9.17, 15) is 0 Å². The summed E-state index contributed by atoms with van der Waals surface area (Å²) in [6.07, 6.45) is 10.3. The zero-order valence-corrected chi connectivity index (χ0v) is 10.8. The quantitative estimate of drug-likeness (QED) is 0.769. The van der Waals surface area contributed by atoms with Gasteiger partial charge in [0, 0.05) is 4.48 Å². The molecular formula is C13H18BrN. The van der Waals surface area contributed by atoms with E-state index in [1.807, 2.05) is 19.1 Å². The molecule has 2 heteroatoms. The molecule has 1 N–H and O–H groups in total. The van der Waals surface area contributed by atoms with Crippen LogP contribution in [0, 0.1) is 0 Å². The highest BCUT2D eigenvalue weighted by Gasteiger charge is 2.10. The molecule has 1 rings (SSSR count). The molecule has 15 heavy (non-hydrogen) atoms. The number of piperidine rings is 1. The van der Waals surface area contributed by atoms with E-state index in [0.717, 1.165) is 25.9 Å². The molecular weight excluding hydrogens is 250 g/mol. The Balaban J connectivity index is 2.90. The van der Waals surface area contributed by atoms with Crippen molar-refractivity contribution in [2.45, 2.75) is 19.8 Å². The molecule has 1 saturated heterocycles. The first-order chi connectivity index (χ1) is 7.29. The van der Waals surface area contributed by atoms with E-state index in [2.05, 4.69) is 40.0 Å². The van der Waals surface area contributed by atoms with Gasteiger partial charge >= 0.3 is 0 Å². The van der Waals surface area contributed by atoms with E-state index < -0.39 is 0 Å². The van der Waals surface area contributed by atoms with Crippen LogP contribution in [0.3, 0.4) is 0 Å². The van der Waals surface area contributed by atoms with E-state index in [1.165, 1.54) is 15.6 Å². The van der Waals surface area contributed by atoms with Gasteiger partial charge < -0.3 is 5.32 Å². The number of allylic oxidation sites excluding steroid dienone is 6. The maximum Gasteiger partial charge on any atom is 0.0240 e. The molecule has 0 saturated carbocycles. The largest absolute Gasteiger partial charge is 0.316 e. The average Bonchev–Trinajstić information content (AvgIpc) is 2.29. The minimum Gasteiger partial charge on any atom is -0.316 e. The van der Waals surface area contributed by atoms with Crippen molar-refractivity contribution >= 4 is 15.9 Å². The van der Waals surface area contributed by atoms with Gasteiger partial charge in [0.05, 0.1) is 0 Å². The monoisotopic (exact) mass is 267 g/mol. The zero-order valence-electron chi connectivity index (χ0n) is 9.22. The van der Waals surface area contributed by atoms with Gasteiger partial charge in [0.25, 0.3) is 0 Å². The fourth-order valence-electron chi connectivity index (χ4n) is 1.66. The molecule has 0 aromatic heterocycles. The Kier molecular flexibility index (Phi) is 5.66. The summed E-state index contributed by atoms with van der Waals surface area (Å²) in [5.41, 5.74) is 2.71. The fourth-order valence-corrected chi connectivity index (χ4v) is 2.32. The first kappa shape index (κ1) is 12.5. The highest BCUT2D eigenvalue weighted by atomic mass is 79.9. The molecule has 0 unspecified atom stereocenters. The maximum atomic E-state index is 3.74. The van der Waals surface area contributed by atoms with Gasteiger partial charge in [0.1, 0.15) is 0 Å². The molecule has 0 aliphatic carbocycles. The topological polar surface area (TPSA) is 12.0 Å². The first-order valence-corrected chi connectivity index (χ1v) is 6.13.